The van der Waals surface area contributed by atoms with E-state index < -0.39 is 0 Å². The van der Waals surface area contributed by atoms with Crippen LogP contribution in [0.2, 0.25) is 0 Å². The van der Waals surface area contributed by atoms with Crippen molar-refractivity contribution in [1.82, 2.24) is 40.4 Å². The van der Waals surface area contributed by atoms with E-state index in [1.807, 2.05) is 6.07 Å². The van der Waals surface area contributed by atoms with E-state index in [0.717, 1.165) is 60.6 Å². The molecule has 1 N–H and O–H groups in total. The minimum atomic E-state index is 0.535. The van der Waals surface area contributed by atoms with Crippen LogP contribution >= 0.6 is 0 Å². The summed E-state index contributed by atoms with van der Waals surface area (Å²) >= 11 is 0. The highest BCUT2D eigenvalue weighted by atomic mass is 15.5. The van der Waals surface area contributed by atoms with E-state index in [2.05, 4.69) is 75.3 Å². The fourth-order valence-electron chi connectivity index (χ4n) is 3.59. The first kappa shape index (κ1) is 20.8. The van der Waals surface area contributed by atoms with Gasteiger partial charge in [0.05, 0.1) is 6.54 Å². The molecule has 4 rings (SSSR count). The Balaban J connectivity index is 1.57. The second-order valence-electron chi connectivity index (χ2n) is 8.16. The highest BCUT2D eigenvalue weighted by molar-refractivity contribution is 5.79. The Morgan fingerprint density at radius 2 is 1.90 bits per heavy atom. The van der Waals surface area contributed by atoms with Crippen molar-refractivity contribution >= 4 is 0 Å². The first-order chi connectivity index (χ1) is 15.1. The molecular formula is C23H28N8. The van der Waals surface area contributed by atoms with Gasteiger partial charge in [0.1, 0.15) is 5.82 Å². The van der Waals surface area contributed by atoms with Crippen molar-refractivity contribution in [2.75, 3.05) is 0 Å². The van der Waals surface area contributed by atoms with Crippen LogP contribution in [-0.4, -0.2) is 40.4 Å². The van der Waals surface area contributed by atoms with E-state index in [4.69, 9.17) is 10.1 Å². The number of hydrogen-bond acceptors (Lipinski definition) is 6. The van der Waals surface area contributed by atoms with Gasteiger partial charge in [-0.2, -0.15) is 10.3 Å². The lowest BCUT2D eigenvalue weighted by molar-refractivity contribution is 0.592. The second kappa shape index (κ2) is 9.59. The van der Waals surface area contributed by atoms with Gasteiger partial charge in [0.25, 0.3) is 0 Å². The van der Waals surface area contributed by atoms with Crippen molar-refractivity contribution in [2.24, 2.45) is 5.92 Å². The third-order valence-corrected chi connectivity index (χ3v) is 5.14. The predicted molar refractivity (Wildman–Crippen MR) is 119 cm³/mol. The van der Waals surface area contributed by atoms with Crippen LogP contribution in [0.3, 0.4) is 0 Å². The van der Waals surface area contributed by atoms with Gasteiger partial charge in [-0.25, -0.2) is 9.67 Å². The largest absolute Gasteiger partial charge is 0.264 e. The Labute approximate surface area is 182 Å². The molecule has 0 aliphatic heterocycles. The monoisotopic (exact) mass is 416 g/mol. The molecule has 0 saturated carbocycles. The topological polar surface area (TPSA) is 98.1 Å². The van der Waals surface area contributed by atoms with Gasteiger partial charge in [-0.15, -0.1) is 10.2 Å². The second-order valence-corrected chi connectivity index (χ2v) is 8.16. The number of hydrogen-bond donors (Lipinski definition) is 1. The SMILES string of the molecule is CCCCc1nc(CC(C)C)nn1Cc1ccc(-c2ccncc2-c2nn[nH]n2)cc1. The van der Waals surface area contributed by atoms with Crippen LogP contribution in [0.15, 0.2) is 42.7 Å². The summed E-state index contributed by atoms with van der Waals surface area (Å²) in [7, 11) is 0. The zero-order chi connectivity index (χ0) is 21.6. The van der Waals surface area contributed by atoms with E-state index in [0.29, 0.717) is 11.7 Å². The number of H-pyrrole nitrogens is 1. The van der Waals surface area contributed by atoms with Gasteiger partial charge in [-0.05, 0) is 40.3 Å². The molecule has 4 aromatic rings. The zero-order valence-corrected chi connectivity index (χ0v) is 18.3. The predicted octanol–water partition coefficient (Wildman–Crippen LogP) is 4.11. The van der Waals surface area contributed by atoms with Crippen LogP contribution in [0.25, 0.3) is 22.5 Å². The molecule has 0 aliphatic carbocycles. The molecule has 0 atom stereocenters. The molecule has 8 heteroatoms. The summed E-state index contributed by atoms with van der Waals surface area (Å²) < 4.78 is 2.07. The highest BCUT2D eigenvalue weighted by Gasteiger charge is 2.13. The normalized spacial score (nSPS) is 11.4. The summed E-state index contributed by atoms with van der Waals surface area (Å²) in [6, 6.07) is 10.5. The summed E-state index contributed by atoms with van der Waals surface area (Å²) in [5.41, 5.74) is 4.14. The first-order valence-electron chi connectivity index (χ1n) is 10.8. The molecular weight excluding hydrogens is 388 g/mol. The van der Waals surface area contributed by atoms with Crippen molar-refractivity contribution in [3.05, 3.63) is 59.9 Å². The first-order valence-corrected chi connectivity index (χ1v) is 10.8. The standard InChI is InChI=1S/C23H28N8/c1-4-5-6-22-25-21(13-16(2)3)28-31(22)15-17-7-9-18(10-8-17)19-11-12-24-14-20(19)23-26-29-30-27-23/h7-12,14,16H,4-6,13,15H2,1-3H3,(H,26,27,29,30). The Hall–Kier alpha value is -3.42. The van der Waals surface area contributed by atoms with E-state index >= 15 is 0 Å². The lowest BCUT2D eigenvalue weighted by Gasteiger charge is -2.09. The van der Waals surface area contributed by atoms with E-state index in [1.54, 1.807) is 12.4 Å². The van der Waals surface area contributed by atoms with Gasteiger partial charge in [-0.3, -0.25) is 4.98 Å². The third kappa shape index (κ3) is 5.02. The van der Waals surface area contributed by atoms with E-state index in [9.17, 15) is 0 Å². The number of nitrogens with zero attached hydrogens (tertiary/aromatic N) is 7. The maximum atomic E-state index is 4.81. The summed E-state index contributed by atoms with van der Waals surface area (Å²) in [5.74, 6) is 3.10. The minimum Gasteiger partial charge on any atom is -0.264 e. The number of benzene rings is 1. The molecule has 0 radical (unpaired) electrons. The van der Waals surface area contributed by atoms with Crippen molar-refractivity contribution in [3.8, 4) is 22.5 Å². The average molecular weight is 417 g/mol. The minimum absolute atomic E-state index is 0.535. The quantitative estimate of drug-likeness (QED) is 0.441. The Kier molecular flexibility index (Phi) is 6.45. The highest BCUT2D eigenvalue weighted by Crippen LogP contribution is 2.29. The molecule has 0 fully saturated rings. The lowest BCUT2D eigenvalue weighted by Crippen LogP contribution is -2.07. The summed E-state index contributed by atoms with van der Waals surface area (Å²) in [5, 5.41) is 19.2. The molecule has 160 valence electrons. The number of tetrazole rings is 1. The Morgan fingerprint density at radius 1 is 1.06 bits per heavy atom. The van der Waals surface area contributed by atoms with Gasteiger partial charge in [-0.1, -0.05) is 51.5 Å². The molecule has 3 heterocycles. The van der Waals surface area contributed by atoms with Gasteiger partial charge < -0.3 is 0 Å². The maximum Gasteiger partial charge on any atom is 0.206 e. The molecule has 0 amide bonds. The number of aryl methyl sites for hydroxylation is 1. The average Bonchev–Trinajstić information content (AvgIpc) is 3.43. The third-order valence-electron chi connectivity index (χ3n) is 5.14. The van der Waals surface area contributed by atoms with E-state index in [-0.39, 0.29) is 0 Å². The number of aromatic amines is 1. The molecule has 0 unspecified atom stereocenters. The Morgan fingerprint density at radius 3 is 2.61 bits per heavy atom. The molecule has 31 heavy (non-hydrogen) atoms. The van der Waals surface area contributed by atoms with Crippen molar-refractivity contribution in [2.45, 2.75) is 53.0 Å². The number of unbranched alkanes of at least 4 members (excludes halogenated alkanes) is 1. The van der Waals surface area contributed by atoms with Gasteiger partial charge in [0.2, 0.25) is 5.82 Å². The number of aromatic nitrogens is 8. The van der Waals surface area contributed by atoms with Crippen molar-refractivity contribution in [1.29, 1.82) is 0 Å². The molecule has 0 spiro atoms. The molecule has 0 bridgehead atoms. The van der Waals surface area contributed by atoms with Crippen molar-refractivity contribution in [3.63, 3.8) is 0 Å². The summed E-state index contributed by atoms with van der Waals surface area (Å²) in [4.78, 5) is 9.03. The lowest BCUT2D eigenvalue weighted by atomic mass is 10.00. The summed E-state index contributed by atoms with van der Waals surface area (Å²) in [6.07, 6.45) is 7.68. The zero-order valence-electron chi connectivity index (χ0n) is 18.3. The fraction of sp³-hybridized carbons (Fsp3) is 0.391. The van der Waals surface area contributed by atoms with Crippen LogP contribution in [0.4, 0.5) is 0 Å². The number of nitrogens with one attached hydrogen (secondary N) is 1. The molecule has 1 aromatic carbocycles. The van der Waals surface area contributed by atoms with Gasteiger partial charge in [0, 0.05) is 30.8 Å². The van der Waals surface area contributed by atoms with E-state index in [1.165, 1.54) is 5.56 Å². The van der Waals surface area contributed by atoms with Crippen LogP contribution < -0.4 is 0 Å². The van der Waals surface area contributed by atoms with Crippen molar-refractivity contribution < 1.29 is 0 Å². The van der Waals surface area contributed by atoms with Crippen LogP contribution in [0, 0.1) is 5.92 Å². The molecule has 3 aromatic heterocycles. The van der Waals surface area contributed by atoms with Gasteiger partial charge >= 0.3 is 0 Å². The van der Waals surface area contributed by atoms with Gasteiger partial charge in [0.15, 0.2) is 5.82 Å². The smallest absolute Gasteiger partial charge is 0.206 e. The van der Waals surface area contributed by atoms with Crippen LogP contribution in [0.1, 0.15) is 50.8 Å². The summed E-state index contributed by atoms with van der Waals surface area (Å²) in [6.45, 7) is 7.33. The number of rotatable bonds is 9. The fourth-order valence-corrected chi connectivity index (χ4v) is 3.59. The van der Waals surface area contributed by atoms with Crippen LogP contribution in [0.5, 0.6) is 0 Å². The molecule has 0 aliphatic rings. The number of pyridine rings is 1. The Bertz CT molecular complexity index is 1100. The molecule has 0 saturated heterocycles. The maximum absolute atomic E-state index is 4.81. The van der Waals surface area contributed by atoms with Crippen LogP contribution in [-0.2, 0) is 19.4 Å². The molecule has 8 nitrogen and oxygen atoms in total.